The van der Waals surface area contributed by atoms with Crippen molar-refractivity contribution in [1.82, 2.24) is 15.0 Å². The molecule has 0 saturated heterocycles. The van der Waals surface area contributed by atoms with Gasteiger partial charge < -0.3 is 4.42 Å². The molecule has 0 aliphatic heterocycles. The van der Waals surface area contributed by atoms with E-state index in [1.54, 1.807) is 0 Å². The van der Waals surface area contributed by atoms with Crippen LogP contribution in [0, 0.1) is 0 Å². The lowest BCUT2D eigenvalue weighted by molar-refractivity contribution is 0.669. The minimum Gasteiger partial charge on any atom is -0.456 e. The summed E-state index contributed by atoms with van der Waals surface area (Å²) in [7, 11) is 0. The summed E-state index contributed by atoms with van der Waals surface area (Å²) < 4.78 is 6.45. The zero-order valence-corrected chi connectivity index (χ0v) is 29.7. The molecule has 0 atom stereocenters. The van der Waals surface area contributed by atoms with Crippen molar-refractivity contribution in [2.75, 3.05) is 0 Å². The molecule has 0 aliphatic rings. The van der Waals surface area contributed by atoms with Gasteiger partial charge in [0.15, 0.2) is 17.5 Å². The highest BCUT2D eigenvalue weighted by atomic mass is 16.3. The van der Waals surface area contributed by atoms with E-state index in [4.69, 9.17) is 19.4 Å². The van der Waals surface area contributed by atoms with Crippen molar-refractivity contribution in [3.05, 3.63) is 194 Å². The van der Waals surface area contributed by atoms with Gasteiger partial charge in [0.1, 0.15) is 11.2 Å². The average molecular weight is 694 g/mol. The van der Waals surface area contributed by atoms with Crippen LogP contribution in [-0.2, 0) is 0 Å². The van der Waals surface area contributed by atoms with E-state index in [0.29, 0.717) is 17.5 Å². The van der Waals surface area contributed by atoms with Crippen molar-refractivity contribution >= 4 is 38.8 Å². The monoisotopic (exact) mass is 693 g/mol. The van der Waals surface area contributed by atoms with Gasteiger partial charge in [-0.3, -0.25) is 0 Å². The number of hydrogen-bond acceptors (Lipinski definition) is 4. The fraction of sp³-hybridized carbons (Fsp3) is 0.0200. The second-order valence-corrected chi connectivity index (χ2v) is 13.2. The Bertz CT molecular complexity index is 2880. The number of aromatic nitrogens is 3. The van der Waals surface area contributed by atoms with Gasteiger partial charge in [0.25, 0.3) is 0 Å². The quantitative estimate of drug-likeness (QED) is 0.149. The normalized spacial score (nSPS) is 11.9. The molecule has 0 saturated carbocycles. The van der Waals surface area contributed by atoms with Gasteiger partial charge in [-0.1, -0.05) is 164 Å². The summed E-state index contributed by atoms with van der Waals surface area (Å²) in [4.78, 5) is 15.4. The zero-order chi connectivity index (χ0) is 36.3. The van der Waals surface area contributed by atoms with E-state index in [1.165, 1.54) is 5.39 Å². The number of hydrogen-bond donors (Lipinski definition) is 0. The maximum absolute atomic E-state index is 6.45. The van der Waals surface area contributed by atoms with Crippen molar-refractivity contribution in [3.8, 4) is 56.4 Å². The van der Waals surface area contributed by atoms with Crippen LogP contribution in [-0.4, -0.2) is 15.0 Å². The van der Waals surface area contributed by atoms with Gasteiger partial charge >= 0.3 is 0 Å². The first-order chi connectivity index (χ1) is 26.7. The Labute approximate surface area is 314 Å². The van der Waals surface area contributed by atoms with Crippen molar-refractivity contribution < 1.29 is 4.42 Å². The number of fused-ring (bicyclic) bond motifs is 4. The molecule has 0 aliphatic carbocycles. The molecule has 4 heteroatoms. The topological polar surface area (TPSA) is 51.8 Å². The van der Waals surface area contributed by atoms with Crippen LogP contribution in [0.4, 0.5) is 0 Å². The molecule has 0 N–H and O–H groups in total. The molecule has 2 aromatic heterocycles. The Kier molecular flexibility index (Phi) is 8.76. The van der Waals surface area contributed by atoms with E-state index in [1.807, 2.05) is 49.4 Å². The first-order valence-electron chi connectivity index (χ1n) is 18.1. The number of rotatable bonds is 8. The molecule has 0 fully saturated rings. The van der Waals surface area contributed by atoms with Crippen LogP contribution in [0.1, 0.15) is 12.5 Å². The first-order valence-corrected chi connectivity index (χ1v) is 18.1. The molecule has 2 heterocycles. The fourth-order valence-corrected chi connectivity index (χ4v) is 6.95. The Morgan fingerprint density at radius 1 is 0.426 bits per heavy atom. The molecule has 4 nitrogen and oxygen atoms in total. The van der Waals surface area contributed by atoms with E-state index in [-0.39, 0.29) is 0 Å². The van der Waals surface area contributed by atoms with Gasteiger partial charge in [-0.2, -0.15) is 0 Å². The van der Waals surface area contributed by atoms with Gasteiger partial charge in [0.05, 0.1) is 0 Å². The third-order valence-corrected chi connectivity index (χ3v) is 9.66. The van der Waals surface area contributed by atoms with E-state index in [2.05, 4.69) is 152 Å². The van der Waals surface area contributed by atoms with Crippen LogP contribution in [0.15, 0.2) is 193 Å². The van der Waals surface area contributed by atoms with E-state index in [0.717, 1.165) is 71.8 Å². The summed E-state index contributed by atoms with van der Waals surface area (Å²) in [6.07, 6.45) is 12.3. The highest BCUT2D eigenvalue weighted by Gasteiger charge is 2.19. The molecular formula is C50H35N3O. The maximum atomic E-state index is 6.45. The Hall–Kier alpha value is -7.17. The van der Waals surface area contributed by atoms with Gasteiger partial charge in [-0.25, -0.2) is 15.0 Å². The summed E-state index contributed by atoms with van der Waals surface area (Å²) in [5, 5.41) is 4.28. The summed E-state index contributed by atoms with van der Waals surface area (Å²) in [5.41, 5.74) is 9.99. The number of benzene rings is 7. The predicted octanol–water partition coefficient (Wildman–Crippen LogP) is 13.4. The third-order valence-electron chi connectivity index (χ3n) is 9.66. The summed E-state index contributed by atoms with van der Waals surface area (Å²) in [6.45, 7) is 2.01. The van der Waals surface area contributed by atoms with Crippen molar-refractivity contribution in [3.63, 3.8) is 0 Å². The van der Waals surface area contributed by atoms with Crippen molar-refractivity contribution in [2.45, 2.75) is 6.92 Å². The molecule has 54 heavy (non-hydrogen) atoms. The second kappa shape index (κ2) is 14.5. The van der Waals surface area contributed by atoms with E-state index >= 15 is 0 Å². The molecule has 0 spiro atoms. The summed E-state index contributed by atoms with van der Waals surface area (Å²) in [6, 6.07) is 54.6. The fourth-order valence-electron chi connectivity index (χ4n) is 6.95. The van der Waals surface area contributed by atoms with Crippen LogP contribution in [0.3, 0.4) is 0 Å². The van der Waals surface area contributed by atoms with Gasteiger partial charge in [-0.05, 0) is 75.8 Å². The van der Waals surface area contributed by atoms with Gasteiger partial charge in [0, 0.05) is 27.5 Å². The highest BCUT2D eigenvalue weighted by molar-refractivity contribution is 6.12. The Morgan fingerprint density at radius 3 is 1.93 bits per heavy atom. The Balaban J connectivity index is 1.18. The van der Waals surface area contributed by atoms with Gasteiger partial charge in [0.2, 0.25) is 0 Å². The minimum absolute atomic E-state index is 0.590. The van der Waals surface area contributed by atoms with Crippen LogP contribution in [0.25, 0.3) is 95.2 Å². The number of allylic oxidation sites excluding steroid dienone is 5. The highest BCUT2D eigenvalue weighted by Crippen LogP contribution is 2.39. The smallest absolute Gasteiger partial charge is 0.164 e. The molecule has 9 aromatic rings. The van der Waals surface area contributed by atoms with Crippen LogP contribution >= 0.6 is 0 Å². The number of furan rings is 1. The maximum Gasteiger partial charge on any atom is 0.164 e. The van der Waals surface area contributed by atoms with E-state index < -0.39 is 0 Å². The lowest BCUT2D eigenvalue weighted by Gasteiger charge is -2.10. The van der Waals surface area contributed by atoms with Crippen molar-refractivity contribution in [2.24, 2.45) is 0 Å². The zero-order valence-electron chi connectivity index (χ0n) is 29.7. The molecule has 0 amide bonds. The third kappa shape index (κ3) is 6.53. The lowest BCUT2D eigenvalue weighted by Crippen LogP contribution is -2.00. The molecule has 256 valence electrons. The molecular weight excluding hydrogens is 659 g/mol. The molecule has 9 rings (SSSR count). The van der Waals surface area contributed by atoms with Crippen molar-refractivity contribution in [1.29, 1.82) is 0 Å². The largest absolute Gasteiger partial charge is 0.456 e. The predicted molar refractivity (Wildman–Crippen MR) is 225 cm³/mol. The molecule has 0 radical (unpaired) electrons. The van der Waals surface area contributed by atoms with E-state index in [9.17, 15) is 0 Å². The Morgan fingerprint density at radius 2 is 1.07 bits per heavy atom. The van der Waals surface area contributed by atoms with Gasteiger partial charge in [-0.15, -0.1) is 0 Å². The summed E-state index contributed by atoms with van der Waals surface area (Å²) in [5.74, 6) is 1.81. The second-order valence-electron chi connectivity index (χ2n) is 13.2. The van der Waals surface area contributed by atoms with Crippen LogP contribution in [0.2, 0.25) is 0 Å². The van der Waals surface area contributed by atoms with Crippen LogP contribution in [0.5, 0.6) is 0 Å². The number of nitrogens with zero attached hydrogens (tertiary/aromatic N) is 3. The minimum atomic E-state index is 0.590. The first kappa shape index (κ1) is 32.7. The molecule has 7 aromatic carbocycles. The average Bonchev–Trinajstić information content (AvgIpc) is 3.62. The van der Waals surface area contributed by atoms with Crippen LogP contribution < -0.4 is 0 Å². The molecule has 0 unspecified atom stereocenters. The lowest BCUT2D eigenvalue weighted by atomic mass is 9.99. The SMILES string of the molecule is C\C=C/C=C\C=C\c1cccc(-c2ccc3oc4cccc(-c5nc(-c6ccc(-c7ccccc7)cc6)nc(-c6ccc7ccccc7c6)n5)c4c3c2)c1. The molecule has 0 bridgehead atoms. The standard InChI is InChI=1S/C50H35N3O/c1-2-3-4-5-7-14-34-15-12-20-39(31-34)41-29-30-45-44(33-41)47-43(21-13-22-46(47)54-45)50-52-48(38-26-23-37(24-27-38)35-16-8-6-9-17-35)51-49(53-50)42-28-25-36-18-10-11-19-40(36)32-42/h2-33H,1H3/b3-2-,5-4-,14-7+. The summed E-state index contributed by atoms with van der Waals surface area (Å²) >= 11 is 0.